The molecule has 0 unspecified atom stereocenters. The number of nitrogen functional groups attached to an aromatic ring is 1. The molecule has 0 atom stereocenters. The standard InChI is InChI=1S/C16H28N4/c1-11(2)8-9-20(12-6-7-12)14-10-13(17)18-15(19-14)16(3,4)5/h10-12H,6-9H2,1-5H3,(H2,17,18,19). The van der Waals surface area contributed by atoms with Crippen LogP contribution in [-0.4, -0.2) is 22.6 Å². The zero-order valence-electron chi connectivity index (χ0n) is 13.5. The van der Waals surface area contributed by atoms with Gasteiger partial charge in [0.05, 0.1) is 0 Å². The van der Waals surface area contributed by atoms with Crippen molar-refractivity contribution in [2.75, 3.05) is 17.2 Å². The molecule has 0 spiro atoms. The lowest BCUT2D eigenvalue weighted by atomic mass is 9.96. The minimum absolute atomic E-state index is 0.0720. The van der Waals surface area contributed by atoms with Gasteiger partial charge in [-0.25, -0.2) is 9.97 Å². The fraction of sp³-hybridized carbons (Fsp3) is 0.750. The number of nitrogens with two attached hydrogens (primary N) is 1. The molecule has 20 heavy (non-hydrogen) atoms. The molecule has 1 saturated carbocycles. The zero-order valence-corrected chi connectivity index (χ0v) is 13.5. The first-order valence-corrected chi connectivity index (χ1v) is 7.69. The number of hydrogen-bond donors (Lipinski definition) is 1. The molecule has 4 nitrogen and oxygen atoms in total. The van der Waals surface area contributed by atoms with Crippen LogP contribution in [0.4, 0.5) is 11.6 Å². The smallest absolute Gasteiger partial charge is 0.138 e. The van der Waals surface area contributed by atoms with Gasteiger partial charge in [-0.15, -0.1) is 0 Å². The summed E-state index contributed by atoms with van der Waals surface area (Å²) >= 11 is 0. The Morgan fingerprint density at radius 1 is 1.30 bits per heavy atom. The minimum Gasteiger partial charge on any atom is -0.384 e. The summed E-state index contributed by atoms with van der Waals surface area (Å²) in [6.07, 6.45) is 3.73. The van der Waals surface area contributed by atoms with Gasteiger partial charge in [0.25, 0.3) is 0 Å². The molecule has 1 aliphatic carbocycles. The van der Waals surface area contributed by atoms with E-state index in [-0.39, 0.29) is 5.41 Å². The highest BCUT2D eigenvalue weighted by molar-refractivity contribution is 5.49. The molecule has 0 aromatic carbocycles. The molecule has 0 bridgehead atoms. The van der Waals surface area contributed by atoms with Crippen molar-refractivity contribution in [1.82, 2.24) is 9.97 Å². The average Bonchev–Trinajstić information content (AvgIpc) is 3.11. The Morgan fingerprint density at radius 2 is 1.95 bits per heavy atom. The minimum atomic E-state index is -0.0720. The van der Waals surface area contributed by atoms with E-state index < -0.39 is 0 Å². The summed E-state index contributed by atoms with van der Waals surface area (Å²) in [5.74, 6) is 3.13. The molecule has 4 heteroatoms. The fourth-order valence-electron chi connectivity index (χ4n) is 2.20. The lowest BCUT2D eigenvalue weighted by Crippen LogP contribution is -2.30. The van der Waals surface area contributed by atoms with E-state index in [0.717, 1.165) is 18.2 Å². The second kappa shape index (κ2) is 5.58. The Kier molecular flexibility index (Phi) is 4.21. The quantitative estimate of drug-likeness (QED) is 0.896. The Bertz CT molecular complexity index is 458. The van der Waals surface area contributed by atoms with Crippen molar-refractivity contribution in [1.29, 1.82) is 0 Å². The maximum absolute atomic E-state index is 5.99. The van der Waals surface area contributed by atoms with Crippen LogP contribution in [-0.2, 0) is 5.41 Å². The summed E-state index contributed by atoms with van der Waals surface area (Å²) in [6, 6.07) is 2.57. The van der Waals surface area contributed by atoms with Crippen LogP contribution >= 0.6 is 0 Å². The van der Waals surface area contributed by atoms with Crippen LogP contribution in [0.2, 0.25) is 0 Å². The molecule has 2 N–H and O–H groups in total. The molecule has 0 aliphatic heterocycles. The van der Waals surface area contributed by atoms with E-state index in [1.807, 2.05) is 6.07 Å². The largest absolute Gasteiger partial charge is 0.384 e. The third kappa shape index (κ3) is 3.84. The van der Waals surface area contributed by atoms with Gasteiger partial charge >= 0.3 is 0 Å². The summed E-state index contributed by atoms with van der Waals surface area (Å²) in [6.45, 7) is 12.0. The molecule has 1 fully saturated rings. The summed E-state index contributed by atoms with van der Waals surface area (Å²) in [5, 5.41) is 0. The van der Waals surface area contributed by atoms with Crippen molar-refractivity contribution in [2.45, 2.75) is 65.3 Å². The van der Waals surface area contributed by atoms with E-state index in [1.54, 1.807) is 0 Å². The van der Waals surface area contributed by atoms with Crippen molar-refractivity contribution in [3.05, 3.63) is 11.9 Å². The third-order valence-electron chi connectivity index (χ3n) is 3.63. The molecule has 0 amide bonds. The number of rotatable bonds is 5. The fourth-order valence-corrected chi connectivity index (χ4v) is 2.20. The molecular formula is C16H28N4. The van der Waals surface area contributed by atoms with E-state index in [0.29, 0.717) is 17.8 Å². The lowest BCUT2D eigenvalue weighted by molar-refractivity contribution is 0.539. The van der Waals surface area contributed by atoms with Gasteiger partial charge in [-0.05, 0) is 25.2 Å². The third-order valence-corrected chi connectivity index (χ3v) is 3.63. The molecule has 1 aromatic heterocycles. The second-order valence-electron chi connectivity index (χ2n) is 7.33. The molecule has 0 saturated heterocycles. The first-order chi connectivity index (χ1) is 9.27. The highest BCUT2D eigenvalue weighted by atomic mass is 15.2. The van der Waals surface area contributed by atoms with Crippen LogP contribution in [0.5, 0.6) is 0 Å². The van der Waals surface area contributed by atoms with Crippen LogP contribution in [0.25, 0.3) is 0 Å². The summed E-state index contributed by atoms with van der Waals surface area (Å²) in [4.78, 5) is 11.6. The van der Waals surface area contributed by atoms with Crippen molar-refractivity contribution >= 4 is 11.6 Å². The van der Waals surface area contributed by atoms with Gasteiger partial charge in [0.1, 0.15) is 17.5 Å². The number of hydrogen-bond acceptors (Lipinski definition) is 4. The molecule has 112 valence electrons. The molecular weight excluding hydrogens is 248 g/mol. The Hall–Kier alpha value is -1.32. The maximum Gasteiger partial charge on any atom is 0.138 e. The van der Waals surface area contributed by atoms with Gasteiger partial charge in [0, 0.05) is 24.1 Å². The van der Waals surface area contributed by atoms with Gasteiger partial charge in [-0.1, -0.05) is 34.6 Å². The Balaban J connectivity index is 2.26. The van der Waals surface area contributed by atoms with Crippen molar-refractivity contribution < 1.29 is 0 Å². The Morgan fingerprint density at radius 3 is 2.45 bits per heavy atom. The Labute approximate surface area is 122 Å². The zero-order chi connectivity index (χ0) is 14.9. The van der Waals surface area contributed by atoms with E-state index >= 15 is 0 Å². The lowest BCUT2D eigenvalue weighted by Gasteiger charge is -2.26. The molecule has 1 aromatic rings. The van der Waals surface area contributed by atoms with Crippen LogP contribution in [0.1, 0.15) is 59.7 Å². The van der Waals surface area contributed by atoms with Gasteiger partial charge in [0.2, 0.25) is 0 Å². The van der Waals surface area contributed by atoms with Gasteiger partial charge in [-0.3, -0.25) is 0 Å². The predicted molar refractivity (Wildman–Crippen MR) is 85.0 cm³/mol. The first kappa shape index (κ1) is 15.1. The van der Waals surface area contributed by atoms with Crippen LogP contribution in [0.3, 0.4) is 0 Å². The van der Waals surface area contributed by atoms with E-state index in [1.165, 1.54) is 19.3 Å². The van der Waals surface area contributed by atoms with Crippen LogP contribution in [0, 0.1) is 5.92 Å². The van der Waals surface area contributed by atoms with Gasteiger partial charge in [0.15, 0.2) is 0 Å². The van der Waals surface area contributed by atoms with Gasteiger partial charge < -0.3 is 10.6 Å². The van der Waals surface area contributed by atoms with Crippen molar-refractivity contribution in [2.24, 2.45) is 5.92 Å². The average molecular weight is 276 g/mol. The van der Waals surface area contributed by atoms with Crippen LogP contribution < -0.4 is 10.6 Å². The number of anilines is 2. The van der Waals surface area contributed by atoms with Gasteiger partial charge in [-0.2, -0.15) is 0 Å². The molecule has 0 radical (unpaired) electrons. The monoisotopic (exact) mass is 276 g/mol. The molecule has 1 heterocycles. The van der Waals surface area contributed by atoms with Crippen molar-refractivity contribution in [3.63, 3.8) is 0 Å². The highest BCUT2D eigenvalue weighted by Gasteiger charge is 2.31. The predicted octanol–water partition coefficient (Wildman–Crippen LogP) is 3.37. The summed E-state index contributed by atoms with van der Waals surface area (Å²) in [5.41, 5.74) is 5.92. The van der Waals surface area contributed by atoms with E-state index in [9.17, 15) is 0 Å². The number of nitrogens with zero attached hydrogens (tertiary/aromatic N) is 3. The second-order valence-corrected chi connectivity index (χ2v) is 7.33. The first-order valence-electron chi connectivity index (χ1n) is 7.69. The van der Waals surface area contributed by atoms with Crippen LogP contribution in [0.15, 0.2) is 6.07 Å². The highest BCUT2D eigenvalue weighted by Crippen LogP contribution is 2.32. The summed E-state index contributed by atoms with van der Waals surface area (Å²) < 4.78 is 0. The maximum atomic E-state index is 5.99. The SMILES string of the molecule is CC(C)CCN(c1cc(N)nc(C(C)(C)C)n1)C1CC1. The number of aromatic nitrogens is 2. The molecule has 1 aliphatic rings. The summed E-state index contributed by atoms with van der Waals surface area (Å²) in [7, 11) is 0. The molecule has 2 rings (SSSR count). The van der Waals surface area contributed by atoms with E-state index in [4.69, 9.17) is 10.7 Å². The normalized spacial score (nSPS) is 15.7. The van der Waals surface area contributed by atoms with Crippen molar-refractivity contribution in [3.8, 4) is 0 Å². The topological polar surface area (TPSA) is 55.0 Å². The van der Waals surface area contributed by atoms with E-state index in [2.05, 4.69) is 44.5 Å².